The standard InChI is InChI=1S/C14H17N3O2/c1-18-10-13-16-12(8-14(17-13)19-2)15-9-11-6-4-3-5-7-11/h3-8H,9-10H2,1-2H3,(H,15,16,17). The van der Waals surface area contributed by atoms with Crippen LogP contribution in [0.1, 0.15) is 11.4 Å². The zero-order valence-electron chi connectivity index (χ0n) is 11.1. The van der Waals surface area contributed by atoms with Gasteiger partial charge in [0.15, 0.2) is 5.82 Å². The number of hydrogen-bond acceptors (Lipinski definition) is 5. The van der Waals surface area contributed by atoms with Gasteiger partial charge in [0.2, 0.25) is 5.88 Å². The van der Waals surface area contributed by atoms with Gasteiger partial charge in [0.25, 0.3) is 0 Å². The van der Waals surface area contributed by atoms with Crippen LogP contribution < -0.4 is 10.1 Å². The van der Waals surface area contributed by atoms with Crippen molar-refractivity contribution in [2.75, 3.05) is 19.5 Å². The molecule has 19 heavy (non-hydrogen) atoms. The predicted molar refractivity (Wildman–Crippen MR) is 73.1 cm³/mol. The maximum Gasteiger partial charge on any atom is 0.218 e. The Kier molecular flexibility index (Phi) is 4.69. The Hall–Kier alpha value is -2.14. The van der Waals surface area contributed by atoms with E-state index in [-0.39, 0.29) is 0 Å². The Balaban J connectivity index is 2.08. The number of hydrogen-bond donors (Lipinski definition) is 1. The van der Waals surface area contributed by atoms with Crippen LogP contribution in [-0.2, 0) is 17.9 Å². The predicted octanol–water partition coefficient (Wildman–Crippen LogP) is 2.24. The highest BCUT2D eigenvalue weighted by molar-refractivity contribution is 5.39. The topological polar surface area (TPSA) is 56.3 Å². The first-order chi connectivity index (χ1) is 9.31. The fourth-order valence-electron chi connectivity index (χ4n) is 1.65. The molecule has 5 heteroatoms. The lowest BCUT2D eigenvalue weighted by atomic mass is 10.2. The second-order valence-corrected chi connectivity index (χ2v) is 3.98. The molecular weight excluding hydrogens is 242 g/mol. The molecule has 0 amide bonds. The molecular formula is C14H17N3O2. The molecule has 0 radical (unpaired) electrons. The molecule has 0 saturated heterocycles. The Labute approximate surface area is 112 Å². The minimum Gasteiger partial charge on any atom is -0.481 e. The van der Waals surface area contributed by atoms with Crippen LogP contribution in [0.25, 0.3) is 0 Å². The van der Waals surface area contributed by atoms with Crippen molar-refractivity contribution in [2.24, 2.45) is 0 Å². The van der Waals surface area contributed by atoms with Crippen LogP contribution in [0.4, 0.5) is 5.82 Å². The van der Waals surface area contributed by atoms with Gasteiger partial charge in [-0.15, -0.1) is 0 Å². The summed E-state index contributed by atoms with van der Waals surface area (Å²) in [6.45, 7) is 1.06. The third kappa shape index (κ3) is 3.93. The van der Waals surface area contributed by atoms with Gasteiger partial charge in [0, 0.05) is 19.7 Å². The van der Waals surface area contributed by atoms with E-state index in [0.29, 0.717) is 24.9 Å². The second kappa shape index (κ2) is 6.70. The Morgan fingerprint density at radius 2 is 1.89 bits per heavy atom. The van der Waals surface area contributed by atoms with Crippen LogP contribution in [0.3, 0.4) is 0 Å². The van der Waals surface area contributed by atoms with Crippen LogP contribution in [0.15, 0.2) is 36.4 Å². The van der Waals surface area contributed by atoms with Crippen LogP contribution in [0.5, 0.6) is 5.88 Å². The van der Waals surface area contributed by atoms with Crippen molar-refractivity contribution in [1.82, 2.24) is 9.97 Å². The maximum absolute atomic E-state index is 5.15. The first-order valence-electron chi connectivity index (χ1n) is 6.00. The molecule has 0 spiro atoms. The van der Waals surface area contributed by atoms with E-state index in [4.69, 9.17) is 9.47 Å². The zero-order chi connectivity index (χ0) is 13.5. The van der Waals surface area contributed by atoms with E-state index in [0.717, 1.165) is 5.82 Å². The molecule has 100 valence electrons. The Morgan fingerprint density at radius 3 is 2.58 bits per heavy atom. The molecule has 1 aromatic heterocycles. The summed E-state index contributed by atoms with van der Waals surface area (Å²) < 4.78 is 10.2. The number of methoxy groups -OCH3 is 2. The third-order valence-electron chi connectivity index (χ3n) is 2.55. The minimum atomic E-state index is 0.358. The van der Waals surface area contributed by atoms with Crippen molar-refractivity contribution in [3.63, 3.8) is 0 Å². The van der Waals surface area contributed by atoms with Crippen molar-refractivity contribution in [1.29, 1.82) is 0 Å². The zero-order valence-corrected chi connectivity index (χ0v) is 11.1. The van der Waals surface area contributed by atoms with Crippen molar-refractivity contribution >= 4 is 5.82 Å². The molecule has 0 aliphatic heterocycles. The average molecular weight is 259 g/mol. The van der Waals surface area contributed by atoms with Gasteiger partial charge >= 0.3 is 0 Å². The highest BCUT2D eigenvalue weighted by Gasteiger charge is 2.04. The number of ether oxygens (including phenoxy) is 2. The molecule has 0 atom stereocenters. The fraction of sp³-hybridized carbons (Fsp3) is 0.286. The maximum atomic E-state index is 5.15. The molecule has 1 heterocycles. The number of rotatable bonds is 6. The molecule has 1 N–H and O–H groups in total. The number of benzene rings is 1. The number of nitrogens with one attached hydrogen (secondary N) is 1. The molecule has 0 fully saturated rings. The second-order valence-electron chi connectivity index (χ2n) is 3.98. The van der Waals surface area contributed by atoms with E-state index in [1.54, 1.807) is 20.3 Å². The third-order valence-corrected chi connectivity index (χ3v) is 2.55. The van der Waals surface area contributed by atoms with Gasteiger partial charge in [-0.05, 0) is 5.56 Å². The van der Waals surface area contributed by atoms with E-state index in [1.165, 1.54) is 5.56 Å². The first-order valence-corrected chi connectivity index (χ1v) is 6.00. The smallest absolute Gasteiger partial charge is 0.218 e. The van der Waals surface area contributed by atoms with Gasteiger partial charge in [-0.25, -0.2) is 4.98 Å². The number of aromatic nitrogens is 2. The molecule has 0 bridgehead atoms. The minimum absolute atomic E-state index is 0.358. The van der Waals surface area contributed by atoms with Crippen LogP contribution in [0.2, 0.25) is 0 Å². The van der Waals surface area contributed by atoms with Gasteiger partial charge < -0.3 is 14.8 Å². The largest absolute Gasteiger partial charge is 0.481 e. The normalized spacial score (nSPS) is 10.2. The molecule has 2 aromatic rings. The Morgan fingerprint density at radius 1 is 1.11 bits per heavy atom. The van der Waals surface area contributed by atoms with Crippen LogP contribution >= 0.6 is 0 Å². The summed E-state index contributed by atoms with van der Waals surface area (Å²) in [5.41, 5.74) is 1.19. The highest BCUT2D eigenvalue weighted by atomic mass is 16.5. The summed E-state index contributed by atoms with van der Waals surface area (Å²) in [6.07, 6.45) is 0. The van der Waals surface area contributed by atoms with Gasteiger partial charge in [-0.3, -0.25) is 0 Å². The van der Waals surface area contributed by atoms with Gasteiger partial charge in [0.05, 0.1) is 7.11 Å². The molecule has 0 aliphatic carbocycles. The summed E-state index contributed by atoms with van der Waals surface area (Å²) in [6, 6.07) is 11.9. The fourth-order valence-corrected chi connectivity index (χ4v) is 1.65. The lowest BCUT2D eigenvalue weighted by Crippen LogP contribution is -2.06. The summed E-state index contributed by atoms with van der Waals surface area (Å²) in [5, 5.41) is 3.25. The first kappa shape index (κ1) is 13.3. The van der Waals surface area contributed by atoms with Crippen molar-refractivity contribution in [3.05, 3.63) is 47.8 Å². The summed E-state index contributed by atoms with van der Waals surface area (Å²) >= 11 is 0. The van der Waals surface area contributed by atoms with Gasteiger partial charge in [0.1, 0.15) is 12.4 Å². The lowest BCUT2D eigenvalue weighted by molar-refractivity contribution is 0.177. The van der Waals surface area contributed by atoms with Crippen molar-refractivity contribution in [3.8, 4) is 5.88 Å². The molecule has 0 saturated carbocycles. The molecule has 2 rings (SSSR count). The molecule has 1 aromatic carbocycles. The molecule has 0 unspecified atom stereocenters. The van der Waals surface area contributed by atoms with E-state index in [9.17, 15) is 0 Å². The van der Waals surface area contributed by atoms with Gasteiger partial charge in [-0.1, -0.05) is 30.3 Å². The van der Waals surface area contributed by atoms with E-state index >= 15 is 0 Å². The van der Waals surface area contributed by atoms with Gasteiger partial charge in [-0.2, -0.15) is 4.98 Å². The summed E-state index contributed by atoms with van der Waals surface area (Å²) in [7, 11) is 3.19. The number of anilines is 1. The Bertz CT molecular complexity index is 517. The van der Waals surface area contributed by atoms with E-state index in [2.05, 4.69) is 27.4 Å². The summed E-state index contributed by atoms with van der Waals surface area (Å²) in [4.78, 5) is 8.56. The highest BCUT2D eigenvalue weighted by Crippen LogP contribution is 2.14. The van der Waals surface area contributed by atoms with Crippen LogP contribution in [-0.4, -0.2) is 24.2 Å². The lowest BCUT2D eigenvalue weighted by Gasteiger charge is -2.09. The number of nitrogens with zero attached hydrogens (tertiary/aromatic N) is 2. The van der Waals surface area contributed by atoms with Crippen molar-refractivity contribution < 1.29 is 9.47 Å². The van der Waals surface area contributed by atoms with E-state index < -0.39 is 0 Å². The summed E-state index contributed by atoms with van der Waals surface area (Å²) in [5.74, 6) is 1.85. The monoisotopic (exact) mass is 259 g/mol. The molecule has 0 aliphatic rings. The van der Waals surface area contributed by atoms with E-state index in [1.807, 2.05) is 18.2 Å². The SMILES string of the molecule is COCc1nc(NCc2ccccc2)cc(OC)n1. The van der Waals surface area contributed by atoms with Crippen LogP contribution in [0, 0.1) is 0 Å². The quantitative estimate of drug-likeness (QED) is 0.862. The van der Waals surface area contributed by atoms with Crippen molar-refractivity contribution in [2.45, 2.75) is 13.2 Å². The molecule has 5 nitrogen and oxygen atoms in total. The average Bonchev–Trinajstić information content (AvgIpc) is 2.46.